The molecule has 4 rings (SSSR count). The molecule has 1 aliphatic heterocycles. The predicted octanol–water partition coefficient (Wildman–Crippen LogP) is 3.11. The third kappa shape index (κ3) is 3.98. The lowest BCUT2D eigenvalue weighted by Gasteiger charge is -2.38. The van der Waals surface area contributed by atoms with E-state index in [4.69, 9.17) is 4.98 Å². The first kappa shape index (κ1) is 21.3. The van der Waals surface area contributed by atoms with Crippen molar-refractivity contribution in [3.63, 3.8) is 0 Å². The van der Waals surface area contributed by atoms with Gasteiger partial charge in [-0.1, -0.05) is 26.0 Å². The predicted molar refractivity (Wildman–Crippen MR) is 117 cm³/mol. The molecule has 0 spiro atoms. The Kier molecular flexibility index (Phi) is 5.87. The Bertz CT molecular complexity index is 1010. The SMILES string of the molecule is CC(C)c1ccc(S(=O)(=O)N2CCN(c3nc4c(s3)CCCC4)CC2C(=O)O)cc1. The molecule has 9 heteroatoms. The summed E-state index contributed by atoms with van der Waals surface area (Å²) in [5.41, 5.74) is 2.16. The van der Waals surface area contributed by atoms with Crippen molar-refractivity contribution in [2.75, 3.05) is 24.5 Å². The second-order valence-corrected chi connectivity index (χ2v) is 11.2. The van der Waals surface area contributed by atoms with Crippen LogP contribution < -0.4 is 4.90 Å². The normalized spacial score (nSPS) is 20.4. The van der Waals surface area contributed by atoms with Crippen LogP contribution in [0.3, 0.4) is 0 Å². The number of aliphatic carboxylic acids is 1. The van der Waals surface area contributed by atoms with Crippen LogP contribution in [0.15, 0.2) is 29.2 Å². The van der Waals surface area contributed by atoms with Gasteiger partial charge in [0.05, 0.1) is 10.6 Å². The van der Waals surface area contributed by atoms with Crippen LogP contribution in [0.4, 0.5) is 5.13 Å². The van der Waals surface area contributed by atoms with Crippen molar-refractivity contribution in [2.24, 2.45) is 0 Å². The fourth-order valence-corrected chi connectivity index (χ4v) is 6.81. The largest absolute Gasteiger partial charge is 0.480 e. The average molecular weight is 450 g/mol. The first-order valence-corrected chi connectivity index (χ1v) is 12.6. The van der Waals surface area contributed by atoms with Crippen LogP contribution in [0.5, 0.6) is 0 Å². The molecule has 1 saturated heterocycles. The van der Waals surface area contributed by atoms with E-state index < -0.39 is 22.0 Å². The van der Waals surface area contributed by atoms with Gasteiger partial charge in [-0.15, -0.1) is 11.3 Å². The number of sulfonamides is 1. The highest BCUT2D eigenvalue weighted by Crippen LogP contribution is 2.33. The van der Waals surface area contributed by atoms with E-state index in [1.165, 1.54) is 4.88 Å². The van der Waals surface area contributed by atoms with Crippen LogP contribution in [0.2, 0.25) is 0 Å². The van der Waals surface area contributed by atoms with Crippen molar-refractivity contribution in [1.82, 2.24) is 9.29 Å². The maximum atomic E-state index is 13.2. The molecule has 2 aromatic rings. The van der Waals surface area contributed by atoms with E-state index in [1.807, 2.05) is 18.7 Å². The quantitative estimate of drug-likeness (QED) is 0.754. The Hall–Kier alpha value is -1.97. The van der Waals surface area contributed by atoms with Gasteiger partial charge >= 0.3 is 5.97 Å². The monoisotopic (exact) mass is 449 g/mol. The lowest BCUT2D eigenvalue weighted by atomic mass is 10.0. The van der Waals surface area contributed by atoms with Crippen molar-refractivity contribution in [3.05, 3.63) is 40.4 Å². The van der Waals surface area contributed by atoms with E-state index in [2.05, 4.69) is 0 Å². The summed E-state index contributed by atoms with van der Waals surface area (Å²) in [4.78, 5) is 20.1. The van der Waals surface area contributed by atoms with Crippen LogP contribution in [-0.4, -0.2) is 54.5 Å². The van der Waals surface area contributed by atoms with Crippen molar-refractivity contribution < 1.29 is 18.3 Å². The zero-order chi connectivity index (χ0) is 21.5. The van der Waals surface area contributed by atoms with Gasteiger partial charge in [0.2, 0.25) is 10.0 Å². The molecule has 1 fully saturated rings. The number of hydrogen-bond acceptors (Lipinski definition) is 6. The molecule has 30 heavy (non-hydrogen) atoms. The Morgan fingerprint density at radius 2 is 1.87 bits per heavy atom. The number of nitrogens with zero attached hydrogens (tertiary/aromatic N) is 3. The molecule has 1 aromatic heterocycles. The first-order chi connectivity index (χ1) is 14.3. The van der Waals surface area contributed by atoms with E-state index in [9.17, 15) is 18.3 Å². The molecule has 1 N–H and O–H groups in total. The summed E-state index contributed by atoms with van der Waals surface area (Å²) in [5, 5.41) is 10.6. The third-order valence-electron chi connectivity index (χ3n) is 5.87. The molecule has 1 unspecified atom stereocenters. The standard InChI is InChI=1S/C21H27N3O4S2/c1-14(2)15-7-9-16(10-8-15)30(27,28)24-12-11-23(13-18(24)20(25)26)21-22-17-5-3-4-6-19(17)29-21/h7-10,14,18H,3-6,11-13H2,1-2H3,(H,25,26). The maximum Gasteiger partial charge on any atom is 0.323 e. The average Bonchev–Trinajstić information content (AvgIpc) is 3.17. The molecule has 0 saturated carbocycles. The lowest BCUT2D eigenvalue weighted by Crippen LogP contribution is -2.58. The minimum absolute atomic E-state index is 0.102. The number of anilines is 1. The minimum Gasteiger partial charge on any atom is -0.480 e. The molecule has 2 aliphatic rings. The molecular weight excluding hydrogens is 422 g/mol. The van der Waals surface area contributed by atoms with Crippen LogP contribution >= 0.6 is 11.3 Å². The van der Waals surface area contributed by atoms with E-state index in [-0.39, 0.29) is 18.0 Å². The molecule has 7 nitrogen and oxygen atoms in total. The second-order valence-electron chi connectivity index (χ2n) is 8.21. The maximum absolute atomic E-state index is 13.2. The van der Waals surface area contributed by atoms with Crippen LogP contribution in [-0.2, 0) is 27.7 Å². The van der Waals surface area contributed by atoms with Crippen molar-refractivity contribution in [1.29, 1.82) is 0 Å². The van der Waals surface area contributed by atoms with Crippen LogP contribution in [0, 0.1) is 0 Å². The highest BCUT2D eigenvalue weighted by atomic mass is 32.2. The van der Waals surface area contributed by atoms with Crippen molar-refractivity contribution in [2.45, 2.75) is 56.4 Å². The lowest BCUT2D eigenvalue weighted by molar-refractivity contribution is -0.141. The molecule has 1 aliphatic carbocycles. The summed E-state index contributed by atoms with van der Waals surface area (Å²) < 4.78 is 27.6. The molecule has 2 heterocycles. The topological polar surface area (TPSA) is 90.8 Å². The van der Waals surface area contributed by atoms with Crippen molar-refractivity contribution in [3.8, 4) is 0 Å². The summed E-state index contributed by atoms with van der Waals surface area (Å²) in [6, 6.07) is 5.60. The highest BCUT2D eigenvalue weighted by molar-refractivity contribution is 7.89. The van der Waals surface area contributed by atoms with Gasteiger partial charge in [-0.25, -0.2) is 13.4 Å². The fourth-order valence-electron chi connectivity index (χ4n) is 4.06. The number of carboxylic acid groups (broad SMARTS) is 1. The number of benzene rings is 1. The van der Waals surface area contributed by atoms with Crippen LogP contribution in [0.25, 0.3) is 0 Å². The van der Waals surface area contributed by atoms with E-state index >= 15 is 0 Å². The molecule has 0 radical (unpaired) electrons. The summed E-state index contributed by atoms with van der Waals surface area (Å²) >= 11 is 1.62. The van der Waals surface area contributed by atoms with E-state index in [0.29, 0.717) is 12.5 Å². The number of fused-ring (bicyclic) bond motifs is 1. The number of hydrogen-bond donors (Lipinski definition) is 1. The number of carboxylic acids is 1. The number of piperazine rings is 1. The van der Waals surface area contributed by atoms with Gasteiger partial charge in [-0.2, -0.15) is 4.31 Å². The minimum atomic E-state index is -3.90. The van der Waals surface area contributed by atoms with Crippen LogP contribution in [0.1, 0.15) is 48.7 Å². The summed E-state index contributed by atoms with van der Waals surface area (Å²) in [6.45, 7) is 4.74. The Balaban J connectivity index is 1.57. The molecule has 0 bridgehead atoms. The van der Waals surface area contributed by atoms with Gasteiger partial charge in [0, 0.05) is 24.5 Å². The summed E-state index contributed by atoms with van der Waals surface area (Å²) in [6.07, 6.45) is 4.29. The van der Waals surface area contributed by atoms with Gasteiger partial charge < -0.3 is 10.0 Å². The highest BCUT2D eigenvalue weighted by Gasteiger charge is 2.41. The Morgan fingerprint density at radius 1 is 1.17 bits per heavy atom. The summed E-state index contributed by atoms with van der Waals surface area (Å²) in [7, 11) is -3.90. The molecular formula is C21H27N3O4S2. The number of thiazole rings is 1. The smallest absolute Gasteiger partial charge is 0.323 e. The molecule has 1 aromatic carbocycles. The van der Waals surface area contributed by atoms with E-state index in [1.54, 1.807) is 35.6 Å². The van der Waals surface area contributed by atoms with Crippen molar-refractivity contribution >= 4 is 32.5 Å². The second kappa shape index (κ2) is 8.28. The Morgan fingerprint density at radius 3 is 2.50 bits per heavy atom. The number of aryl methyl sites for hydroxylation is 2. The molecule has 0 amide bonds. The van der Waals surface area contributed by atoms with Gasteiger partial charge in [0.25, 0.3) is 0 Å². The first-order valence-electron chi connectivity index (χ1n) is 10.4. The molecule has 162 valence electrons. The number of rotatable bonds is 5. The Labute approximate surface area is 181 Å². The van der Waals surface area contributed by atoms with E-state index in [0.717, 1.165) is 46.4 Å². The third-order valence-corrected chi connectivity index (χ3v) is 9.02. The van der Waals surface area contributed by atoms with Gasteiger partial charge in [-0.3, -0.25) is 4.79 Å². The van der Waals surface area contributed by atoms with Gasteiger partial charge in [-0.05, 0) is 49.3 Å². The van der Waals surface area contributed by atoms with Gasteiger partial charge in [0.15, 0.2) is 5.13 Å². The zero-order valence-corrected chi connectivity index (χ0v) is 18.9. The number of aromatic nitrogens is 1. The molecule has 1 atom stereocenters. The summed E-state index contributed by atoms with van der Waals surface area (Å²) in [5.74, 6) is -0.843. The zero-order valence-electron chi connectivity index (χ0n) is 17.2. The fraction of sp³-hybridized carbons (Fsp3) is 0.524. The van der Waals surface area contributed by atoms with Gasteiger partial charge in [0.1, 0.15) is 6.04 Å². The number of carbonyl (C=O) groups is 1.